The van der Waals surface area contributed by atoms with E-state index in [4.69, 9.17) is 14.2 Å². The third kappa shape index (κ3) is 2.87. The van der Waals surface area contributed by atoms with Crippen molar-refractivity contribution in [3.63, 3.8) is 0 Å². The molecule has 24 heavy (non-hydrogen) atoms. The molecule has 0 bridgehead atoms. The van der Waals surface area contributed by atoms with Crippen molar-refractivity contribution in [2.24, 2.45) is 0 Å². The zero-order valence-corrected chi connectivity index (χ0v) is 13.8. The molecule has 0 aliphatic carbocycles. The molecule has 1 fully saturated rings. The van der Waals surface area contributed by atoms with Crippen LogP contribution in [-0.2, 0) is 11.3 Å². The molecule has 6 nitrogen and oxygen atoms in total. The van der Waals surface area contributed by atoms with E-state index in [1.54, 1.807) is 7.11 Å². The number of ether oxygens (including phenoxy) is 3. The Labute approximate surface area is 140 Å². The summed E-state index contributed by atoms with van der Waals surface area (Å²) in [6, 6.07) is 6.11. The van der Waals surface area contributed by atoms with Crippen LogP contribution in [0.1, 0.15) is 24.8 Å². The molecule has 0 amide bonds. The maximum Gasteiger partial charge on any atom is 0.252 e. The molecule has 128 valence electrons. The van der Waals surface area contributed by atoms with Crippen molar-refractivity contribution in [1.29, 1.82) is 0 Å². The van der Waals surface area contributed by atoms with Crippen molar-refractivity contribution in [2.45, 2.75) is 31.8 Å². The molecule has 2 aliphatic heterocycles. The highest BCUT2D eigenvalue weighted by Crippen LogP contribution is 2.35. The molecule has 4 rings (SSSR count). The number of aromatic amines is 1. The SMILES string of the molecule is COCC1CCCCN1Cc1cc2cc3c(cc2[nH]c1=O)OCO3. The van der Waals surface area contributed by atoms with Crippen LogP contribution in [0.5, 0.6) is 11.5 Å². The largest absolute Gasteiger partial charge is 0.454 e. The van der Waals surface area contributed by atoms with Crippen LogP contribution in [0.2, 0.25) is 0 Å². The molecule has 1 unspecified atom stereocenters. The summed E-state index contributed by atoms with van der Waals surface area (Å²) < 4.78 is 16.1. The fourth-order valence-electron chi connectivity index (χ4n) is 3.63. The molecule has 2 aliphatic rings. The lowest BCUT2D eigenvalue weighted by molar-refractivity contribution is 0.0598. The van der Waals surface area contributed by atoms with Gasteiger partial charge in [0, 0.05) is 36.7 Å². The summed E-state index contributed by atoms with van der Waals surface area (Å²) in [4.78, 5) is 17.8. The van der Waals surface area contributed by atoms with Gasteiger partial charge in [-0.1, -0.05) is 6.42 Å². The molecule has 1 N–H and O–H groups in total. The monoisotopic (exact) mass is 330 g/mol. The molecule has 1 saturated heterocycles. The number of rotatable bonds is 4. The van der Waals surface area contributed by atoms with Crippen molar-refractivity contribution in [3.05, 3.63) is 34.1 Å². The molecule has 0 spiro atoms. The number of H-pyrrole nitrogens is 1. The first-order valence-corrected chi connectivity index (χ1v) is 8.43. The van der Waals surface area contributed by atoms with Gasteiger partial charge in [0.05, 0.1) is 12.1 Å². The lowest BCUT2D eigenvalue weighted by Gasteiger charge is -2.35. The van der Waals surface area contributed by atoms with E-state index in [0.29, 0.717) is 24.9 Å². The second kappa shape index (κ2) is 6.45. The molecular formula is C18H22N2O4. The molecule has 2 aromatic rings. The van der Waals surface area contributed by atoms with Gasteiger partial charge < -0.3 is 19.2 Å². The van der Waals surface area contributed by atoms with E-state index in [1.165, 1.54) is 12.8 Å². The van der Waals surface area contributed by atoms with Crippen molar-refractivity contribution in [1.82, 2.24) is 9.88 Å². The fraction of sp³-hybridized carbons (Fsp3) is 0.500. The minimum absolute atomic E-state index is 0.0388. The highest BCUT2D eigenvalue weighted by Gasteiger charge is 2.23. The number of nitrogens with one attached hydrogen (secondary N) is 1. The number of piperidine rings is 1. The number of hydrogen-bond acceptors (Lipinski definition) is 5. The average Bonchev–Trinajstić information content (AvgIpc) is 3.03. The van der Waals surface area contributed by atoms with Crippen molar-refractivity contribution >= 4 is 10.9 Å². The molecule has 1 aromatic heterocycles. The highest BCUT2D eigenvalue weighted by atomic mass is 16.7. The summed E-state index contributed by atoms with van der Waals surface area (Å²) >= 11 is 0. The van der Waals surface area contributed by atoms with Crippen LogP contribution < -0.4 is 15.0 Å². The second-order valence-corrected chi connectivity index (χ2v) is 6.49. The molecule has 6 heteroatoms. The molecule has 1 aromatic carbocycles. The number of hydrogen-bond donors (Lipinski definition) is 1. The predicted molar refractivity (Wildman–Crippen MR) is 90.6 cm³/mol. The minimum atomic E-state index is -0.0388. The van der Waals surface area contributed by atoms with Gasteiger partial charge in [-0.25, -0.2) is 0 Å². The fourth-order valence-corrected chi connectivity index (χ4v) is 3.63. The van der Waals surface area contributed by atoms with Crippen LogP contribution in [0, 0.1) is 0 Å². The van der Waals surface area contributed by atoms with Crippen LogP contribution in [0.3, 0.4) is 0 Å². The standard InChI is InChI=1S/C18H22N2O4/c1-22-10-14-4-2-3-5-20(14)9-13-6-12-7-16-17(24-11-23-16)8-15(12)19-18(13)21/h6-8,14H,2-5,9-11H2,1H3,(H,19,21). The Morgan fingerprint density at radius 3 is 2.92 bits per heavy atom. The average molecular weight is 330 g/mol. The Balaban J connectivity index is 1.65. The van der Waals surface area contributed by atoms with Gasteiger partial charge in [0.1, 0.15) is 0 Å². The maximum atomic E-state index is 12.5. The Hall–Kier alpha value is -2.05. The van der Waals surface area contributed by atoms with Crippen LogP contribution in [0.15, 0.2) is 23.0 Å². The first-order chi connectivity index (χ1) is 11.7. The summed E-state index contributed by atoms with van der Waals surface area (Å²) in [6.45, 7) is 2.60. The summed E-state index contributed by atoms with van der Waals surface area (Å²) in [6.07, 6.45) is 3.52. The van der Waals surface area contributed by atoms with E-state index < -0.39 is 0 Å². The Morgan fingerprint density at radius 1 is 1.25 bits per heavy atom. The first-order valence-electron chi connectivity index (χ1n) is 8.43. The number of methoxy groups -OCH3 is 1. The number of fused-ring (bicyclic) bond motifs is 2. The lowest BCUT2D eigenvalue weighted by atomic mass is 10.0. The van der Waals surface area contributed by atoms with E-state index in [-0.39, 0.29) is 12.4 Å². The first kappa shape index (κ1) is 15.5. The van der Waals surface area contributed by atoms with Gasteiger partial charge in [0.25, 0.3) is 5.56 Å². The number of nitrogens with zero attached hydrogens (tertiary/aromatic N) is 1. The zero-order chi connectivity index (χ0) is 16.5. The van der Waals surface area contributed by atoms with Gasteiger partial charge in [-0.05, 0) is 31.5 Å². The zero-order valence-electron chi connectivity index (χ0n) is 13.8. The Bertz CT molecular complexity index is 799. The van der Waals surface area contributed by atoms with Gasteiger partial charge >= 0.3 is 0 Å². The van der Waals surface area contributed by atoms with Crippen LogP contribution in [0.4, 0.5) is 0 Å². The van der Waals surface area contributed by atoms with E-state index in [0.717, 1.165) is 35.2 Å². The van der Waals surface area contributed by atoms with Gasteiger partial charge in [0.15, 0.2) is 11.5 Å². The van der Waals surface area contributed by atoms with Crippen molar-refractivity contribution < 1.29 is 14.2 Å². The van der Waals surface area contributed by atoms with Gasteiger partial charge in [0.2, 0.25) is 6.79 Å². The van der Waals surface area contributed by atoms with E-state index in [9.17, 15) is 4.79 Å². The normalized spacial score (nSPS) is 20.6. The molecule has 3 heterocycles. The third-order valence-electron chi connectivity index (χ3n) is 4.90. The number of benzene rings is 1. The Morgan fingerprint density at radius 2 is 2.08 bits per heavy atom. The van der Waals surface area contributed by atoms with Crippen molar-refractivity contribution in [3.8, 4) is 11.5 Å². The summed E-state index contributed by atoms with van der Waals surface area (Å²) in [5, 5.41) is 0.967. The third-order valence-corrected chi connectivity index (χ3v) is 4.90. The van der Waals surface area contributed by atoms with Crippen LogP contribution >= 0.6 is 0 Å². The smallest absolute Gasteiger partial charge is 0.252 e. The molecule has 0 radical (unpaired) electrons. The lowest BCUT2D eigenvalue weighted by Crippen LogP contribution is -2.42. The molecule has 0 saturated carbocycles. The second-order valence-electron chi connectivity index (χ2n) is 6.49. The van der Waals surface area contributed by atoms with Crippen molar-refractivity contribution in [2.75, 3.05) is 27.1 Å². The number of aromatic nitrogens is 1. The predicted octanol–water partition coefficient (Wildman–Crippen LogP) is 2.26. The summed E-state index contributed by atoms with van der Waals surface area (Å²) in [7, 11) is 1.73. The van der Waals surface area contributed by atoms with Gasteiger partial charge in [-0.15, -0.1) is 0 Å². The van der Waals surface area contributed by atoms with Gasteiger partial charge in [-0.2, -0.15) is 0 Å². The minimum Gasteiger partial charge on any atom is -0.454 e. The summed E-state index contributed by atoms with van der Waals surface area (Å²) in [5.41, 5.74) is 1.52. The highest BCUT2D eigenvalue weighted by molar-refractivity contribution is 5.83. The summed E-state index contributed by atoms with van der Waals surface area (Å²) in [5.74, 6) is 1.41. The number of pyridine rings is 1. The topological polar surface area (TPSA) is 63.8 Å². The van der Waals surface area contributed by atoms with E-state index in [2.05, 4.69) is 9.88 Å². The van der Waals surface area contributed by atoms with E-state index in [1.807, 2.05) is 18.2 Å². The van der Waals surface area contributed by atoms with Crippen LogP contribution in [-0.4, -0.2) is 43.0 Å². The van der Waals surface area contributed by atoms with Crippen LogP contribution in [0.25, 0.3) is 10.9 Å². The molecular weight excluding hydrogens is 308 g/mol. The Kier molecular flexibility index (Phi) is 4.16. The number of likely N-dealkylation sites (tertiary alicyclic amines) is 1. The quantitative estimate of drug-likeness (QED) is 0.931. The van der Waals surface area contributed by atoms with Gasteiger partial charge in [-0.3, -0.25) is 9.69 Å². The molecule has 1 atom stereocenters. The maximum absolute atomic E-state index is 12.5. The van der Waals surface area contributed by atoms with E-state index >= 15 is 0 Å².